The third kappa shape index (κ3) is 2.75. The molecule has 0 amide bonds. The fourth-order valence-electron chi connectivity index (χ4n) is 6.35. The Morgan fingerprint density at radius 1 is 0.462 bits per heavy atom. The van der Waals surface area contributed by atoms with E-state index in [1.165, 1.54) is 32.6 Å². The first kappa shape index (κ1) is 20.7. The predicted octanol–water partition coefficient (Wildman–Crippen LogP) is 9.18. The summed E-state index contributed by atoms with van der Waals surface area (Å²) in [6.07, 6.45) is 3.84. The Hall–Kier alpha value is -5.35. The van der Waals surface area contributed by atoms with E-state index < -0.39 is 0 Å². The number of nitrogens with zero attached hydrogens (tertiary/aromatic N) is 3. The van der Waals surface area contributed by atoms with Crippen molar-refractivity contribution in [1.29, 1.82) is 0 Å². The molecule has 39 heavy (non-hydrogen) atoms. The molecular weight excluding hydrogens is 478 g/mol. The highest BCUT2D eigenvalue weighted by Crippen LogP contribution is 2.39. The quantitative estimate of drug-likeness (QED) is 0.238. The van der Waals surface area contributed by atoms with Gasteiger partial charge in [-0.3, -0.25) is 4.98 Å². The third-order valence-corrected chi connectivity index (χ3v) is 8.00. The summed E-state index contributed by atoms with van der Waals surface area (Å²) in [5.74, 6) is 0. The van der Waals surface area contributed by atoms with Crippen LogP contribution in [0.3, 0.4) is 0 Å². The Labute approximate surface area is 222 Å². The molecule has 4 heteroatoms. The molecule has 0 N–H and O–H groups in total. The first-order valence-electron chi connectivity index (χ1n) is 13.1. The van der Waals surface area contributed by atoms with Gasteiger partial charge in [0, 0.05) is 44.2 Å². The van der Waals surface area contributed by atoms with Gasteiger partial charge in [-0.2, -0.15) is 0 Å². The van der Waals surface area contributed by atoms with Crippen molar-refractivity contribution < 1.29 is 4.42 Å². The zero-order valence-electron chi connectivity index (χ0n) is 20.9. The number of rotatable bonds is 2. The molecule has 4 nitrogen and oxygen atoms in total. The molecule has 0 radical (unpaired) electrons. The lowest BCUT2D eigenvalue weighted by atomic mass is 10.1. The maximum absolute atomic E-state index is 6.58. The number of fused-ring (bicyclic) bond motifs is 9. The van der Waals surface area contributed by atoms with Crippen molar-refractivity contribution >= 4 is 65.6 Å². The SMILES string of the molecule is c1ccc2c(c1)c1ccccc1n2-c1ccc2oc3c(-n4c5ccccc5c5ccccc54)cncc3c2c1. The van der Waals surface area contributed by atoms with E-state index in [2.05, 4.69) is 124 Å². The summed E-state index contributed by atoms with van der Waals surface area (Å²) in [5.41, 5.74) is 8.39. The molecule has 9 aromatic rings. The molecule has 9 rings (SSSR count). The molecule has 0 spiro atoms. The van der Waals surface area contributed by atoms with Crippen LogP contribution in [0, 0.1) is 0 Å². The number of aromatic nitrogens is 3. The van der Waals surface area contributed by atoms with Crippen molar-refractivity contribution in [2.24, 2.45) is 0 Å². The van der Waals surface area contributed by atoms with Gasteiger partial charge in [-0.1, -0.05) is 72.8 Å². The molecule has 0 aliphatic heterocycles. The molecule has 0 unspecified atom stereocenters. The van der Waals surface area contributed by atoms with Crippen LogP contribution in [0.5, 0.6) is 0 Å². The van der Waals surface area contributed by atoms with E-state index in [1.807, 2.05) is 12.4 Å². The van der Waals surface area contributed by atoms with Crippen LogP contribution in [0.2, 0.25) is 0 Å². The van der Waals surface area contributed by atoms with Crippen LogP contribution in [0.1, 0.15) is 0 Å². The molecule has 0 bridgehead atoms. The van der Waals surface area contributed by atoms with Gasteiger partial charge >= 0.3 is 0 Å². The molecule has 182 valence electrons. The van der Waals surface area contributed by atoms with Crippen molar-refractivity contribution in [3.8, 4) is 11.4 Å². The van der Waals surface area contributed by atoms with Crippen molar-refractivity contribution in [1.82, 2.24) is 14.1 Å². The van der Waals surface area contributed by atoms with E-state index in [0.717, 1.165) is 44.3 Å². The molecule has 0 aliphatic carbocycles. The largest absolute Gasteiger partial charge is 0.454 e. The lowest BCUT2D eigenvalue weighted by Gasteiger charge is -2.08. The maximum Gasteiger partial charge on any atom is 0.162 e. The summed E-state index contributed by atoms with van der Waals surface area (Å²) in [4.78, 5) is 4.71. The minimum Gasteiger partial charge on any atom is -0.454 e. The fraction of sp³-hybridized carbons (Fsp3) is 0. The first-order valence-corrected chi connectivity index (χ1v) is 13.1. The second-order valence-corrected chi connectivity index (χ2v) is 10.1. The van der Waals surface area contributed by atoms with Crippen molar-refractivity contribution in [2.75, 3.05) is 0 Å². The molecule has 0 atom stereocenters. The van der Waals surface area contributed by atoms with Crippen LogP contribution >= 0.6 is 0 Å². The Morgan fingerprint density at radius 3 is 1.54 bits per heavy atom. The topological polar surface area (TPSA) is 35.9 Å². The molecule has 0 fully saturated rings. The summed E-state index contributed by atoms with van der Waals surface area (Å²) < 4.78 is 11.2. The number of furan rings is 1. The lowest BCUT2D eigenvalue weighted by Crippen LogP contribution is -1.95. The number of benzene rings is 5. The van der Waals surface area contributed by atoms with E-state index in [9.17, 15) is 0 Å². The highest BCUT2D eigenvalue weighted by Gasteiger charge is 2.19. The highest BCUT2D eigenvalue weighted by molar-refractivity contribution is 6.13. The first-order chi connectivity index (χ1) is 19.4. The van der Waals surface area contributed by atoms with Gasteiger partial charge < -0.3 is 13.6 Å². The zero-order valence-corrected chi connectivity index (χ0v) is 20.9. The maximum atomic E-state index is 6.58. The smallest absolute Gasteiger partial charge is 0.162 e. The van der Waals surface area contributed by atoms with E-state index in [1.54, 1.807) is 0 Å². The number of hydrogen-bond acceptors (Lipinski definition) is 2. The predicted molar refractivity (Wildman–Crippen MR) is 160 cm³/mol. The van der Waals surface area contributed by atoms with Gasteiger partial charge in [-0.15, -0.1) is 0 Å². The average Bonchev–Trinajstić information content (AvgIpc) is 3.65. The van der Waals surface area contributed by atoms with E-state index in [4.69, 9.17) is 9.40 Å². The van der Waals surface area contributed by atoms with E-state index >= 15 is 0 Å². The Kier molecular flexibility index (Phi) is 4.02. The normalized spacial score (nSPS) is 12.1. The Balaban J connectivity index is 1.34. The van der Waals surface area contributed by atoms with Crippen molar-refractivity contribution in [2.45, 2.75) is 0 Å². The van der Waals surface area contributed by atoms with Gasteiger partial charge in [0.2, 0.25) is 0 Å². The summed E-state index contributed by atoms with van der Waals surface area (Å²) in [6, 6.07) is 40.7. The summed E-state index contributed by atoms with van der Waals surface area (Å²) in [5, 5.41) is 7.00. The van der Waals surface area contributed by atoms with Gasteiger partial charge in [-0.05, 0) is 42.5 Å². The average molecular weight is 500 g/mol. The number of pyridine rings is 1. The Morgan fingerprint density at radius 2 is 0.974 bits per heavy atom. The molecule has 4 aromatic heterocycles. The summed E-state index contributed by atoms with van der Waals surface area (Å²) >= 11 is 0. The standard InChI is InChI=1S/C35H21N3O/c1-5-13-29-23(9-1)24-10-2-6-14-30(24)37(29)22-17-18-34-27(19-22)28-20-36-21-33(35(28)39-34)38-31-15-7-3-11-25(31)26-12-4-8-16-32(26)38/h1-21H. The second-order valence-electron chi connectivity index (χ2n) is 10.1. The minimum absolute atomic E-state index is 0.839. The van der Waals surface area contributed by atoms with Crippen LogP contribution < -0.4 is 0 Å². The molecule has 0 saturated heterocycles. The van der Waals surface area contributed by atoms with Gasteiger partial charge in [0.25, 0.3) is 0 Å². The van der Waals surface area contributed by atoms with Crippen LogP contribution in [-0.2, 0) is 0 Å². The van der Waals surface area contributed by atoms with Crippen LogP contribution in [0.25, 0.3) is 76.9 Å². The fourth-order valence-corrected chi connectivity index (χ4v) is 6.35. The van der Waals surface area contributed by atoms with Gasteiger partial charge in [0.1, 0.15) is 11.3 Å². The van der Waals surface area contributed by atoms with Crippen molar-refractivity contribution in [3.63, 3.8) is 0 Å². The monoisotopic (exact) mass is 499 g/mol. The molecule has 5 aromatic carbocycles. The Bertz CT molecular complexity index is 2300. The summed E-state index contributed by atoms with van der Waals surface area (Å²) in [6.45, 7) is 0. The van der Waals surface area contributed by atoms with E-state index in [0.29, 0.717) is 0 Å². The minimum atomic E-state index is 0.839. The third-order valence-electron chi connectivity index (χ3n) is 8.00. The number of hydrogen-bond donors (Lipinski definition) is 0. The number of para-hydroxylation sites is 4. The summed E-state index contributed by atoms with van der Waals surface area (Å²) in [7, 11) is 0. The van der Waals surface area contributed by atoms with Gasteiger partial charge in [0.15, 0.2) is 5.58 Å². The van der Waals surface area contributed by atoms with Crippen LogP contribution in [0.4, 0.5) is 0 Å². The molecular formula is C35H21N3O. The van der Waals surface area contributed by atoms with Crippen LogP contribution in [-0.4, -0.2) is 14.1 Å². The van der Waals surface area contributed by atoms with Gasteiger partial charge in [0.05, 0.1) is 28.3 Å². The van der Waals surface area contributed by atoms with Gasteiger partial charge in [-0.25, -0.2) is 0 Å². The van der Waals surface area contributed by atoms with E-state index in [-0.39, 0.29) is 0 Å². The van der Waals surface area contributed by atoms with Crippen molar-refractivity contribution in [3.05, 3.63) is 128 Å². The molecule has 0 aliphatic rings. The highest BCUT2D eigenvalue weighted by atomic mass is 16.3. The molecule has 4 heterocycles. The second kappa shape index (κ2) is 7.59. The molecule has 0 saturated carbocycles. The van der Waals surface area contributed by atoms with Crippen LogP contribution in [0.15, 0.2) is 132 Å². The zero-order chi connectivity index (χ0) is 25.5. The lowest BCUT2D eigenvalue weighted by molar-refractivity contribution is 0.665.